The Bertz CT molecular complexity index is 1040. The molecule has 0 aliphatic carbocycles. The summed E-state index contributed by atoms with van der Waals surface area (Å²) in [6.07, 6.45) is 0.167. The molecule has 0 spiro atoms. The van der Waals surface area contributed by atoms with Crippen LogP contribution in [0.5, 0.6) is 5.75 Å². The number of hydrogen-bond acceptors (Lipinski definition) is 6. The van der Waals surface area contributed by atoms with Crippen LogP contribution >= 0.6 is 11.8 Å². The number of fused-ring (bicyclic) bond motifs is 1. The number of hydrogen-bond donors (Lipinski definition) is 2. The molecule has 0 radical (unpaired) electrons. The lowest BCUT2D eigenvalue weighted by molar-refractivity contribution is -0.116. The topological polar surface area (TPSA) is 102 Å². The first-order chi connectivity index (χ1) is 13.8. The Morgan fingerprint density at radius 1 is 1.28 bits per heavy atom. The van der Waals surface area contributed by atoms with E-state index in [-0.39, 0.29) is 28.2 Å². The number of methoxy groups -OCH3 is 1. The van der Waals surface area contributed by atoms with E-state index in [0.29, 0.717) is 23.5 Å². The highest BCUT2D eigenvalue weighted by Gasteiger charge is 2.23. The van der Waals surface area contributed by atoms with Gasteiger partial charge >= 0.3 is 0 Å². The molecule has 0 bridgehead atoms. The average molecular weight is 435 g/mol. The summed E-state index contributed by atoms with van der Waals surface area (Å²) in [5, 5.41) is 5.53. The quantitative estimate of drug-likeness (QED) is 0.723. The summed E-state index contributed by atoms with van der Waals surface area (Å²) < 4.78 is 30.6. The van der Waals surface area contributed by atoms with Gasteiger partial charge in [0.15, 0.2) is 9.84 Å². The lowest BCUT2D eigenvalue weighted by Crippen LogP contribution is -2.18. The maximum absolute atomic E-state index is 12.7. The van der Waals surface area contributed by atoms with E-state index < -0.39 is 15.7 Å². The van der Waals surface area contributed by atoms with Gasteiger partial charge in [0.2, 0.25) is 11.8 Å². The molecule has 154 valence electrons. The predicted octanol–water partition coefficient (Wildman–Crippen LogP) is 3.32. The average Bonchev–Trinajstić information content (AvgIpc) is 2.82. The van der Waals surface area contributed by atoms with Gasteiger partial charge in [-0.15, -0.1) is 11.8 Å². The number of anilines is 2. The van der Waals surface area contributed by atoms with Gasteiger partial charge < -0.3 is 15.4 Å². The van der Waals surface area contributed by atoms with Gasteiger partial charge in [0.1, 0.15) is 5.75 Å². The van der Waals surface area contributed by atoms with Gasteiger partial charge in [-0.05, 0) is 30.3 Å². The van der Waals surface area contributed by atoms with Gasteiger partial charge in [0.25, 0.3) is 0 Å². The van der Waals surface area contributed by atoms with Crippen molar-refractivity contribution in [2.75, 3.05) is 23.5 Å². The zero-order valence-electron chi connectivity index (χ0n) is 16.1. The fourth-order valence-corrected chi connectivity index (χ4v) is 5.24. The first-order valence-electron chi connectivity index (χ1n) is 9.04. The second kappa shape index (κ2) is 8.87. The lowest BCUT2D eigenvalue weighted by atomic mass is 10.3. The normalized spacial score (nSPS) is 16.3. The standard InChI is InChI=1S/C20H22N2O5S2/c1-13-11-20(24)22-16-12-14(7-8-18(16)28-13)29(25,26)10-9-19(23)21-15-5-3-4-6-17(15)27-2/h3-8,12-13H,9-11H2,1-2H3,(H,21,23)(H,22,24)/t13-/m0/s1. The fourth-order valence-electron chi connectivity index (χ4n) is 2.93. The van der Waals surface area contributed by atoms with Crippen LogP contribution in [0.3, 0.4) is 0 Å². The SMILES string of the molecule is COc1ccccc1NC(=O)CCS(=O)(=O)c1ccc2c(c1)NC(=O)C[C@H](C)S2. The molecule has 9 heteroatoms. The molecule has 1 aliphatic heterocycles. The van der Waals surface area contributed by atoms with Gasteiger partial charge in [-0.3, -0.25) is 9.59 Å². The minimum Gasteiger partial charge on any atom is -0.495 e. The second-order valence-electron chi connectivity index (χ2n) is 6.66. The summed E-state index contributed by atoms with van der Waals surface area (Å²) in [6, 6.07) is 11.6. The highest BCUT2D eigenvalue weighted by atomic mass is 32.2. The van der Waals surface area contributed by atoms with Crippen molar-refractivity contribution in [3.63, 3.8) is 0 Å². The first kappa shape index (κ1) is 21.2. The Kier molecular flexibility index (Phi) is 6.49. The first-order valence-corrected chi connectivity index (χ1v) is 11.6. The maximum Gasteiger partial charge on any atom is 0.225 e. The number of para-hydroxylation sites is 2. The Labute approximate surface area is 174 Å². The fraction of sp³-hybridized carbons (Fsp3) is 0.300. The molecule has 0 aromatic heterocycles. The van der Waals surface area contributed by atoms with E-state index in [2.05, 4.69) is 10.6 Å². The van der Waals surface area contributed by atoms with Crippen LogP contribution in [0.4, 0.5) is 11.4 Å². The summed E-state index contributed by atoms with van der Waals surface area (Å²) in [6.45, 7) is 1.95. The van der Waals surface area contributed by atoms with Crippen molar-refractivity contribution in [2.45, 2.75) is 34.8 Å². The molecule has 2 amide bonds. The van der Waals surface area contributed by atoms with Crippen molar-refractivity contribution < 1.29 is 22.7 Å². The van der Waals surface area contributed by atoms with Crippen molar-refractivity contribution in [3.05, 3.63) is 42.5 Å². The Hall–Kier alpha value is -2.52. The Morgan fingerprint density at radius 3 is 2.79 bits per heavy atom. The molecule has 1 aliphatic rings. The number of nitrogens with one attached hydrogen (secondary N) is 2. The van der Waals surface area contributed by atoms with E-state index in [9.17, 15) is 18.0 Å². The monoisotopic (exact) mass is 434 g/mol. The number of amides is 2. The Morgan fingerprint density at radius 2 is 2.03 bits per heavy atom. The predicted molar refractivity (Wildman–Crippen MR) is 113 cm³/mol. The van der Waals surface area contributed by atoms with Crippen LogP contribution in [-0.4, -0.2) is 38.3 Å². The number of rotatable bonds is 6. The zero-order valence-corrected chi connectivity index (χ0v) is 17.7. The van der Waals surface area contributed by atoms with Gasteiger partial charge in [-0.1, -0.05) is 19.1 Å². The van der Waals surface area contributed by atoms with E-state index in [0.717, 1.165) is 4.90 Å². The summed E-state index contributed by atoms with van der Waals surface area (Å²) >= 11 is 1.52. The summed E-state index contributed by atoms with van der Waals surface area (Å²) in [4.78, 5) is 25.1. The molecule has 2 aromatic rings. The van der Waals surface area contributed by atoms with Gasteiger partial charge in [0.05, 0.1) is 29.1 Å². The van der Waals surface area contributed by atoms with E-state index in [1.54, 1.807) is 30.3 Å². The van der Waals surface area contributed by atoms with Crippen LogP contribution in [0.1, 0.15) is 19.8 Å². The minimum absolute atomic E-state index is 0.0804. The second-order valence-corrected chi connectivity index (χ2v) is 10.2. The van der Waals surface area contributed by atoms with Crippen molar-refractivity contribution in [1.82, 2.24) is 0 Å². The third-order valence-electron chi connectivity index (χ3n) is 4.36. The smallest absolute Gasteiger partial charge is 0.225 e. The molecule has 0 unspecified atom stereocenters. The number of benzene rings is 2. The summed E-state index contributed by atoms with van der Waals surface area (Å²) in [5.74, 6) is -0.415. The highest BCUT2D eigenvalue weighted by Crippen LogP contribution is 2.36. The third-order valence-corrected chi connectivity index (χ3v) is 7.26. The van der Waals surface area contributed by atoms with Crippen LogP contribution in [0.2, 0.25) is 0 Å². The van der Waals surface area contributed by atoms with Crippen molar-refractivity contribution in [3.8, 4) is 5.75 Å². The van der Waals surface area contributed by atoms with Crippen molar-refractivity contribution in [2.24, 2.45) is 0 Å². The van der Waals surface area contributed by atoms with E-state index in [1.165, 1.54) is 31.0 Å². The van der Waals surface area contributed by atoms with Crippen LogP contribution in [0.25, 0.3) is 0 Å². The molecule has 1 atom stereocenters. The Balaban J connectivity index is 1.70. The van der Waals surface area contributed by atoms with Crippen molar-refractivity contribution in [1.29, 1.82) is 0 Å². The van der Waals surface area contributed by atoms with Gasteiger partial charge in [-0.25, -0.2) is 8.42 Å². The van der Waals surface area contributed by atoms with E-state index in [1.807, 2.05) is 6.92 Å². The largest absolute Gasteiger partial charge is 0.495 e. The molecule has 7 nitrogen and oxygen atoms in total. The number of thioether (sulfide) groups is 1. The van der Waals surface area contributed by atoms with Gasteiger partial charge in [-0.2, -0.15) is 0 Å². The lowest BCUT2D eigenvalue weighted by Gasteiger charge is -2.11. The van der Waals surface area contributed by atoms with Crippen LogP contribution in [0, 0.1) is 0 Å². The van der Waals surface area contributed by atoms with Crippen LogP contribution in [-0.2, 0) is 19.4 Å². The molecule has 3 rings (SSSR count). The maximum atomic E-state index is 12.7. The number of carbonyl (C=O) groups is 2. The molecule has 2 N–H and O–H groups in total. The molecule has 0 fully saturated rings. The summed E-state index contributed by atoms with van der Waals surface area (Å²) in [7, 11) is -2.20. The molecule has 2 aromatic carbocycles. The molecular formula is C20H22N2O5S2. The van der Waals surface area contributed by atoms with E-state index >= 15 is 0 Å². The zero-order chi connectivity index (χ0) is 21.0. The molecule has 29 heavy (non-hydrogen) atoms. The van der Waals surface area contributed by atoms with E-state index in [4.69, 9.17) is 4.74 Å². The van der Waals surface area contributed by atoms with Crippen LogP contribution < -0.4 is 15.4 Å². The molecule has 1 heterocycles. The third kappa shape index (κ3) is 5.30. The van der Waals surface area contributed by atoms with Crippen molar-refractivity contribution >= 4 is 44.8 Å². The molecule has 0 saturated heterocycles. The number of carbonyl (C=O) groups excluding carboxylic acids is 2. The minimum atomic E-state index is -3.69. The summed E-state index contributed by atoms with van der Waals surface area (Å²) in [5.41, 5.74) is 0.972. The molecular weight excluding hydrogens is 412 g/mol. The molecule has 0 saturated carbocycles. The number of ether oxygens (including phenoxy) is 1. The van der Waals surface area contributed by atoms with Gasteiger partial charge in [0, 0.05) is 23.0 Å². The van der Waals surface area contributed by atoms with Crippen LogP contribution in [0.15, 0.2) is 52.3 Å². The highest BCUT2D eigenvalue weighted by molar-refractivity contribution is 8.00. The number of sulfone groups is 1.